The summed E-state index contributed by atoms with van der Waals surface area (Å²) in [5.41, 5.74) is 13.1. The normalized spacial score (nSPS) is 10.7. The predicted octanol–water partition coefficient (Wildman–Crippen LogP) is 2.65. The van der Waals surface area contributed by atoms with E-state index in [1.807, 2.05) is 36.4 Å². The van der Waals surface area contributed by atoms with Crippen LogP contribution in [0.4, 0.5) is 5.69 Å². The second-order valence-corrected chi connectivity index (χ2v) is 5.30. The second-order valence-electron chi connectivity index (χ2n) is 4.53. The van der Waals surface area contributed by atoms with E-state index in [0.29, 0.717) is 11.4 Å². The summed E-state index contributed by atoms with van der Waals surface area (Å²) in [6, 6.07) is 11.6. The van der Waals surface area contributed by atoms with Crippen molar-refractivity contribution < 1.29 is 9.53 Å². The fraction of sp³-hybridized carbons (Fsp3) is 0.0667. The van der Waals surface area contributed by atoms with Crippen LogP contribution < -0.4 is 16.2 Å². The molecule has 0 unspecified atom stereocenters. The number of anilines is 1. The molecular formula is C15H13N3O2S. The Bertz CT molecular complexity index is 842. The van der Waals surface area contributed by atoms with Gasteiger partial charge in [-0.05, 0) is 34.4 Å². The van der Waals surface area contributed by atoms with E-state index < -0.39 is 5.91 Å². The number of nitrogen functional groups attached to an aromatic ring is 1. The Labute approximate surface area is 125 Å². The van der Waals surface area contributed by atoms with E-state index in [1.165, 1.54) is 0 Å². The molecule has 6 heteroatoms. The third-order valence-corrected chi connectivity index (χ3v) is 4.17. The molecule has 21 heavy (non-hydrogen) atoms. The van der Waals surface area contributed by atoms with E-state index in [0.717, 1.165) is 33.6 Å². The van der Waals surface area contributed by atoms with E-state index in [9.17, 15) is 4.79 Å². The molecule has 1 heterocycles. The van der Waals surface area contributed by atoms with Gasteiger partial charge in [0.05, 0.1) is 12.8 Å². The Morgan fingerprint density at radius 2 is 2.10 bits per heavy atom. The van der Waals surface area contributed by atoms with Crippen LogP contribution >= 0.6 is 11.5 Å². The van der Waals surface area contributed by atoms with Gasteiger partial charge in [-0.15, -0.1) is 0 Å². The van der Waals surface area contributed by atoms with Crippen molar-refractivity contribution >= 4 is 33.9 Å². The largest absolute Gasteiger partial charge is 0.497 e. The quantitative estimate of drug-likeness (QED) is 0.777. The van der Waals surface area contributed by atoms with Crippen molar-refractivity contribution in [3.05, 3.63) is 41.3 Å². The number of benzene rings is 2. The summed E-state index contributed by atoms with van der Waals surface area (Å²) >= 11 is 1.02. The zero-order valence-corrected chi connectivity index (χ0v) is 12.1. The highest BCUT2D eigenvalue weighted by Gasteiger charge is 2.18. The number of carbonyl (C=O) groups is 1. The molecule has 0 saturated heterocycles. The standard InChI is InChI=1S/C15H13N3O2S/c1-20-9-6-5-8-3-2-4-10(11(8)7-9)13-12(16)14(15(17)19)21-18-13/h2-7H,16H2,1H3,(H2,17,19). The Kier molecular flexibility index (Phi) is 3.23. The Morgan fingerprint density at radius 1 is 1.29 bits per heavy atom. The number of fused-ring (bicyclic) bond motifs is 1. The van der Waals surface area contributed by atoms with Crippen molar-refractivity contribution in [1.82, 2.24) is 4.37 Å². The van der Waals surface area contributed by atoms with Crippen LogP contribution in [-0.4, -0.2) is 17.4 Å². The highest BCUT2D eigenvalue weighted by atomic mass is 32.1. The lowest BCUT2D eigenvalue weighted by Gasteiger charge is -2.07. The number of methoxy groups -OCH3 is 1. The molecule has 3 aromatic rings. The fourth-order valence-electron chi connectivity index (χ4n) is 2.25. The maximum absolute atomic E-state index is 11.3. The number of amides is 1. The highest BCUT2D eigenvalue weighted by molar-refractivity contribution is 7.09. The monoisotopic (exact) mass is 299 g/mol. The molecule has 1 aromatic heterocycles. The van der Waals surface area contributed by atoms with Gasteiger partial charge in [-0.25, -0.2) is 0 Å². The minimum absolute atomic E-state index is 0.282. The highest BCUT2D eigenvalue weighted by Crippen LogP contribution is 2.36. The first-order valence-corrected chi connectivity index (χ1v) is 7.01. The third kappa shape index (κ3) is 2.19. The number of aromatic nitrogens is 1. The first-order valence-electron chi connectivity index (χ1n) is 6.24. The van der Waals surface area contributed by atoms with Gasteiger partial charge >= 0.3 is 0 Å². The summed E-state index contributed by atoms with van der Waals surface area (Å²) in [6.07, 6.45) is 0. The van der Waals surface area contributed by atoms with Gasteiger partial charge in [0, 0.05) is 5.56 Å². The molecule has 4 N–H and O–H groups in total. The van der Waals surface area contributed by atoms with Crippen molar-refractivity contribution in [1.29, 1.82) is 0 Å². The average Bonchev–Trinajstić information content (AvgIpc) is 2.87. The van der Waals surface area contributed by atoms with Crippen LogP contribution in [0.1, 0.15) is 9.67 Å². The molecule has 1 amide bonds. The molecule has 0 saturated carbocycles. The van der Waals surface area contributed by atoms with Crippen molar-refractivity contribution in [2.75, 3.05) is 12.8 Å². The van der Waals surface area contributed by atoms with E-state index in [-0.39, 0.29) is 4.88 Å². The zero-order valence-electron chi connectivity index (χ0n) is 11.3. The van der Waals surface area contributed by atoms with Gasteiger partial charge in [-0.3, -0.25) is 4.79 Å². The van der Waals surface area contributed by atoms with Crippen LogP contribution in [0.3, 0.4) is 0 Å². The van der Waals surface area contributed by atoms with Gasteiger partial charge in [0.2, 0.25) is 0 Å². The number of rotatable bonds is 3. The number of hydrogen-bond donors (Lipinski definition) is 2. The minimum Gasteiger partial charge on any atom is -0.497 e. The van der Waals surface area contributed by atoms with Gasteiger partial charge in [-0.1, -0.05) is 24.3 Å². The number of nitrogens with zero attached hydrogens (tertiary/aromatic N) is 1. The Morgan fingerprint density at radius 3 is 2.76 bits per heavy atom. The SMILES string of the molecule is COc1ccc2cccc(-c3nsc(C(N)=O)c3N)c2c1. The van der Waals surface area contributed by atoms with Crippen molar-refractivity contribution in [3.63, 3.8) is 0 Å². The van der Waals surface area contributed by atoms with Crippen LogP contribution in [0.5, 0.6) is 5.75 Å². The lowest BCUT2D eigenvalue weighted by molar-refractivity contribution is 0.100. The van der Waals surface area contributed by atoms with E-state index >= 15 is 0 Å². The van der Waals surface area contributed by atoms with E-state index in [4.69, 9.17) is 16.2 Å². The first kappa shape index (κ1) is 13.4. The van der Waals surface area contributed by atoms with Crippen molar-refractivity contribution in [3.8, 4) is 17.0 Å². The lowest BCUT2D eigenvalue weighted by atomic mass is 10.0. The third-order valence-electron chi connectivity index (χ3n) is 3.30. The fourth-order valence-corrected chi connectivity index (χ4v) is 2.92. The number of carbonyl (C=O) groups excluding carboxylic acids is 1. The molecule has 0 aliphatic rings. The number of nitrogens with two attached hydrogens (primary N) is 2. The van der Waals surface area contributed by atoms with Crippen LogP contribution in [0.25, 0.3) is 22.0 Å². The van der Waals surface area contributed by atoms with Crippen LogP contribution in [0.2, 0.25) is 0 Å². The molecule has 0 atom stereocenters. The molecule has 3 rings (SSSR count). The molecule has 5 nitrogen and oxygen atoms in total. The van der Waals surface area contributed by atoms with Gasteiger partial charge in [-0.2, -0.15) is 4.37 Å². The van der Waals surface area contributed by atoms with Crippen molar-refractivity contribution in [2.24, 2.45) is 5.73 Å². The molecule has 0 fully saturated rings. The van der Waals surface area contributed by atoms with Gasteiger partial charge in [0.15, 0.2) is 0 Å². The summed E-state index contributed by atoms with van der Waals surface area (Å²) < 4.78 is 9.55. The Hall–Kier alpha value is -2.60. The molecule has 0 aliphatic carbocycles. The minimum atomic E-state index is -0.561. The van der Waals surface area contributed by atoms with Gasteiger partial charge in [0.1, 0.15) is 16.3 Å². The molecule has 0 spiro atoms. The summed E-state index contributed by atoms with van der Waals surface area (Å²) in [5, 5.41) is 2.01. The second kappa shape index (κ2) is 5.06. The molecular weight excluding hydrogens is 286 g/mol. The van der Waals surface area contributed by atoms with Crippen LogP contribution in [-0.2, 0) is 0 Å². The predicted molar refractivity (Wildman–Crippen MR) is 84.5 cm³/mol. The maximum atomic E-state index is 11.3. The zero-order chi connectivity index (χ0) is 15.0. The van der Waals surface area contributed by atoms with E-state index in [1.54, 1.807) is 7.11 Å². The Balaban J connectivity index is 2.27. The summed E-state index contributed by atoms with van der Waals surface area (Å²) in [6.45, 7) is 0. The van der Waals surface area contributed by atoms with Gasteiger partial charge in [0.25, 0.3) is 5.91 Å². The molecule has 0 aliphatic heterocycles. The average molecular weight is 299 g/mol. The molecule has 0 radical (unpaired) electrons. The number of ether oxygens (including phenoxy) is 1. The molecule has 106 valence electrons. The summed E-state index contributed by atoms with van der Waals surface area (Å²) in [7, 11) is 1.62. The topological polar surface area (TPSA) is 91.2 Å². The number of hydrogen-bond acceptors (Lipinski definition) is 5. The molecule has 0 bridgehead atoms. The smallest absolute Gasteiger partial charge is 0.262 e. The van der Waals surface area contributed by atoms with Crippen LogP contribution in [0, 0.1) is 0 Å². The summed E-state index contributed by atoms with van der Waals surface area (Å²) in [4.78, 5) is 11.6. The summed E-state index contributed by atoms with van der Waals surface area (Å²) in [5.74, 6) is 0.188. The number of primary amides is 1. The van der Waals surface area contributed by atoms with E-state index in [2.05, 4.69) is 4.37 Å². The lowest BCUT2D eigenvalue weighted by Crippen LogP contribution is -2.10. The van der Waals surface area contributed by atoms with Crippen molar-refractivity contribution in [2.45, 2.75) is 0 Å². The maximum Gasteiger partial charge on any atom is 0.262 e. The first-order chi connectivity index (χ1) is 10.1. The van der Waals surface area contributed by atoms with Gasteiger partial charge < -0.3 is 16.2 Å². The van der Waals surface area contributed by atoms with Crippen LogP contribution in [0.15, 0.2) is 36.4 Å². The molecule has 2 aromatic carbocycles.